The zero-order valence-corrected chi connectivity index (χ0v) is 21.8. The van der Waals surface area contributed by atoms with Crippen molar-refractivity contribution in [3.63, 3.8) is 0 Å². The standard InChI is InChI=1S/C26H43O5P/c1-7-9-10-11-12-13-14-16-26(6)17-15-23-21(5)24(19(3)20(4)25(23)31-26)30-22(8-2)18-32(27,28)29/h14,16,22H,7-13,15,17-18H2,1-6H3,(H2,27,28,29)/b16-14+. The molecule has 1 aromatic carbocycles. The van der Waals surface area contributed by atoms with Crippen LogP contribution < -0.4 is 9.47 Å². The van der Waals surface area contributed by atoms with Gasteiger partial charge in [0, 0.05) is 5.56 Å². The van der Waals surface area contributed by atoms with E-state index in [0.29, 0.717) is 6.42 Å². The normalized spacial score (nSPS) is 19.6. The maximum Gasteiger partial charge on any atom is 0.329 e. The predicted octanol–water partition coefficient (Wildman–Crippen LogP) is 6.95. The van der Waals surface area contributed by atoms with Gasteiger partial charge in [-0.1, -0.05) is 45.6 Å². The van der Waals surface area contributed by atoms with Gasteiger partial charge in [-0.2, -0.15) is 0 Å². The van der Waals surface area contributed by atoms with Crippen molar-refractivity contribution in [2.24, 2.45) is 0 Å². The summed E-state index contributed by atoms with van der Waals surface area (Å²) in [6.45, 7) is 12.4. The summed E-state index contributed by atoms with van der Waals surface area (Å²) < 4.78 is 24.2. The monoisotopic (exact) mass is 466 g/mol. The van der Waals surface area contributed by atoms with Gasteiger partial charge < -0.3 is 19.3 Å². The summed E-state index contributed by atoms with van der Waals surface area (Å²) in [5, 5.41) is 0. The Hall–Kier alpha value is -1.29. The first kappa shape index (κ1) is 27.0. The molecule has 2 rings (SSSR count). The average Bonchev–Trinajstić information content (AvgIpc) is 2.72. The van der Waals surface area contributed by atoms with E-state index in [1.54, 1.807) is 0 Å². The van der Waals surface area contributed by atoms with E-state index in [0.717, 1.165) is 53.0 Å². The number of ether oxygens (including phenoxy) is 2. The average molecular weight is 467 g/mol. The Labute approximate surface area is 194 Å². The molecular formula is C26H43O5P. The molecule has 2 unspecified atom stereocenters. The molecule has 1 aliphatic rings. The van der Waals surface area contributed by atoms with Crippen LogP contribution in [0.25, 0.3) is 0 Å². The first-order chi connectivity index (χ1) is 15.0. The lowest BCUT2D eigenvalue weighted by atomic mass is 9.86. The Bertz CT molecular complexity index is 841. The largest absolute Gasteiger partial charge is 0.489 e. The predicted molar refractivity (Wildman–Crippen MR) is 132 cm³/mol. The smallest absolute Gasteiger partial charge is 0.329 e. The zero-order chi connectivity index (χ0) is 23.9. The molecule has 6 heteroatoms. The summed E-state index contributed by atoms with van der Waals surface area (Å²) in [7, 11) is -4.14. The van der Waals surface area contributed by atoms with Crippen molar-refractivity contribution >= 4 is 7.60 Å². The second-order valence-electron chi connectivity index (χ2n) is 9.53. The molecule has 1 aromatic rings. The number of fused-ring (bicyclic) bond motifs is 1. The van der Waals surface area contributed by atoms with Crippen LogP contribution in [0.2, 0.25) is 0 Å². The molecule has 0 fully saturated rings. The van der Waals surface area contributed by atoms with Gasteiger partial charge in [0.05, 0.1) is 6.16 Å². The van der Waals surface area contributed by atoms with Gasteiger partial charge in [-0.05, 0) is 82.6 Å². The van der Waals surface area contributed by atoms with E-state index in [1.807, 2.05) is 27.7 Å². The fraction of sp³-hybridized carbons (Fsp3) is 0.692. The van der Waals surface area contributed by atoms with Crippen LogP contribution in [0.4, 0.5) is 0 Å². The quantitative estimate of drug-likeness (QED) is 0.198. The van der Waals surface area contributed by atoms with E-state index in [4.69, 9.17) is 9.47 Å². The third kappa shape index (κ3) is 7.37. The summed E-state index contributed by atoms with van der Waals surface area (Å²) in [5.74, 6) is 1.69. The number of hydrogen-bond donors (Lipinski definition) is 2. The highest BCUT2D eigenvalue weighted by Crippen LogP contribution is 2.45. The van der Waals surface area contributed by atoms with Crippen LogP contribution in [0.1, 0.15) is 94.4 Å². The van der Waals surface area contributed by atoms with E-state index >= 15 is 0 Å². The second-order valence-corrected chi connectivity index (χ2v) is 11.2. The molecule has 5 nitrogen and oxygen atoms in total. The molecule has 0 spiro atoms. The topological polar surface area (TPSA) is 76.0 Å². The van der Waals surface area contributed by atoms with Crippen LogP contribution in [0.3, 0.4) is 0 Å². The Balaban J connectivity index is 2.17. The zero-order valence-electron chi connectivity index (χ0n) is 20.9. The van der Waals surface area contributed by atoms with Crippen LogP contribution in [-0.2, 0) is 11.0 Å². The van der Waals surface area contributed by atoms with Crippen molar-refractivity contribution in [1.82, 2.24) is 0 Å². The number of benzene rings is 1. The molecule has 182 valence electrons. The SMILES string of the molecule is CCCCCCC/C=C/C1(C)CCc2c(C)c(OC(CC)CP(=O)(O)O)c(C)c(C)c2O1. The minimum atomic E-state index is -4.14. The van der Waals surface area contributed by atoms with Gasteiger partial charge in [0.1, 0.15) is 23.2 Å². The molecule has 2 atom stereocenters. The van der Waals surface area contributed by atoms with Gasteiger partial charge in [-0.15, -0.1) is 0 Å². The van der Waals surface area contributed by atoms with E-state index in [1.165, 1.54) is 32.1 Å². The summed E-state index contributed by atoms with van der Waals surface area (Å²) in [6, 6.07) is 0. The molecule has 0 bridgehead atoms. The minimum absolute atomic E-state index is 0.268. The lowest BCUT2D eigenvalue weighted by molar-refractivity contribution is 0.112. The van der Waals surface area contributed by atoms with Gasteiger partial charge in [0.15, 0.2) is 0 Å². The highest BCUT2D eigenvalue weighted by Gasteiger charge is 2.33. The fourth-order valence-electron chi connectivity index (χ4n) is 4.43. The second kappa shape index (κ2) is 11.7. The number of allylic oxidation sites excluding steroid dienone is 1. The Morgan fingerprint density at radius 2 is 1.78 bits per heavy atom. The number of rotatable bonds is 12. The Morgan fingerprint density at radius 1 is 1.09 bits per heavy atom. The molecule has 2 N–H and O–H groups in total. The maximum atomic E-state index is 11.5. The summed E-state index contributed by atoms with van der Waals surface area (Å²) in [6.07, 6.45) is 13.6. The fourth-order valence-corrected chi connectivity index (χ4v) is 5.29. The first-order valence-electron chi connectivity index (χ1n) is 12.2. The number of hydrogen-bond acceptors (Lipinski definition) is 3. The van der Waals surface area contributed by atoms with Crippen molar-refractivity contribution in [2.75, 3.05) is 6.16 Å². The van der Waals surface area contributed by atoms with Gasteiger partial charge >= 0.3 is 7.60 Å². The molecule has 32 heavy (non-hydrogen) atoms. The summed E-state index contributed by atoms with van der Waals surface area (Å²) >= 11 is 0. The van der Waals surface area contributed by atoms with Crippen LogP contribution in [-0.4, -0.2) is 27.7 Å². The highest BCUT2D eigenvalue weighted by atomic mass is 31.2. The first-order valence-corrected chi connectivity index (χ1v) is 14.0. The minimum Gasteiger partial charge on any atom is -0.489 e. The van der Waals surface area contributed by atoms with Crippen LogP contribution in [0.5, 0.6) is 11.5 Å². The number of unbranched alkanes of at least 4 members (excludes halogenated alkanes) is 5. The van der Waals surface area contributed by atoms with Crippen molar-refractivity contribution in [3.8, 4) is 11.5 Å². The molecule has 0 radical (unpaired) electrons. The lowest BCUT2D eigenvalue weighted by Crippen LogP contribution is -2.35. The van der Waals surface area contributed by atoms with Gasteiger partial charge in [0.2, 0.25) is 0 Å². The molecule has 0 amide bonds. The van der Waals surface area contributed by atoms with Gasteiger partial charge in [-0.3, -0.25) is 4.57 Å². The Morgan fingerprint density at radius 3 is 2.41 bits per heavy atom. The maximum absolute atomic E-state index is 11.5. The van der Waals surface area contributed by atoms with E-state index in [9.17, 15) is 14.4 Å². The molecule has 1 aliphatic heterocycles. The van der Waals surface area contributed by atoms with Crippen molar-refractivity contribution in [2.45, 2.75) is 111 Å². The van der Waals surface area contributed by atoms with Gasteiger partial charge in [0.25, 0.3) is 0 Å². The molecule has 0 saturated carbocycles. The van der Waals surface area contributed by atoms with Crippen LogP contribution in [0, 0.1) is 20.8 Å². The van der Waals surface area contributed by atoms with Crippen LogP contribution >= 0.6 is 7.60 Å². The highest BCUT2D eigenvalue weighted by molar-refractivity contribution is 7.51. The third-order valence-electron chi connectivity index (χ3n) is 6.64. The third-order valence-corrected chi connectivity index (χ3v) is 7.53. The van der Waals surface area contributed by atoms with E-state index in [2.05, 4.69) is 26.0 Å². The van der Waals surface area contributed by atoms with E-state index in [-0.39, 0.29) is 11.8 Å². The lowest BCUT2D eigenvalue weighted by Gasteiger charge is -2.36. The van der Waals surface area contributed by atoms with Crippen molar-refractivity contribution < 1.29 is 23.8 Å². The van der Waals surface area contributed by atoms with E-state index < -0.39 is 13.7 Å². The summed E-state index contributed by atoms with van der Waals surface area (Å²) in [4.78, 5) is 18.8. The molecule has 0 aromatic heterocycles. The van der Waals surface area contributed by atoms with Crippen molar-refractivity contribution in [1.29, 1.82) is 0 Å². The molecule has 1 heterocycles. The molecule has 0 saturated heterocycles. The summed E-state index contributed by atoms with van der Waals surface area (Å²) in [5.41, 5.74) is 3.89. The Kier molecular flexibility index (Phi) is 9.87. The molecular weight excluding hydrogens is 423 g/mol. The van der Waals surface area contributed by atoms with Gasteiger partial charge in [-0.25, -0.2) is 0 Å². The van der Waals surface area contributed by atoms with Crippen LogP contribution in [0.15, 0.2) is 12.2 Å². The van der Waals surface area contributed by atoms with Crippen molar-refractivity contribution in [3.05, 3.63) is 34.4 Å². The molecule has 0 aliphatic carbocycles.